The van der Waals surface area contributed by atoms with Gasteiger partial charge >= 0.3 is 0 Å². The van der Waals surface area contributed by atoms with Crippen molar-refractivity contribution in [2.24, 2.45) is 0 Å². The zero-order valence-corrected chi connectivity index (χ0v) is 11.9. The highest BCUT2D eigenvalue weighted by molar-refractivity contribution is 5.51. The second kappa shape index (κ2) is 6.57. The predicted octanol–water partition coefficient (Wildman–Crippen LogP) is 1.84. The fourth-order valence-corrected chi connectivity index (χ4v) is 2.99. The Balaban J connectivity index is 1.63. The van der Waals surface area contributed by atoms with Gasteiger partial charge in [-0.3, -0.25) is 4.90 Å². The van der Waals surface area contributed by atoms with Gasteiger partial charge in [0, 0.05) is 31.9 Å². The lowest BCUT2D eigenvalue weighted by atomic mass is 10.1. The molecule has 0 aliphatic carbocycles. The van der Waals surface area contributed by atoms with Crippen LogP contribution in [-0.4, -0.2) is 48.5 Å². The van der Waals surface area contributed by atoms with E-state index < -0.39 is 0 Å². The molecule has 0 bridgehead atoms. The fourth-order valence-electron chi connectivity index (χ4n) is 2.99. The maximum absolute atomic E-state index is 9.58. The van der Waals surface area contributed by atoms with Gasteiger partial charge in [0.2, 0.25) is 0 Å². The number of piperidine rings is 1. The average molecular weight is 276 g/mol. The van der Waals surface area contributed by atoms with Gasteiger partial charge in [-0.1, -0.05) is 18.2 Å². The topological polar surface area (TPSA) is 44.7 Å². The molecule has 2 heterocycles. The van der Waals surface area contributed by atoms with Crippen molar-refractivity contribution >= 4 is 5.69 Å². The molecule has 2 aliphatic heterocycles. The van der Waals surface area contributed by atoms with Gasteiger partial charge in [-0.2, -0.15) is 0 Å². The van der Waals surface area contributed by atoms with Crippen LogP contribution in [0.3, 0.4) is 0 Å². The van der Waals surface area contributed by atoms with Gasteiger partial charge in [-0.05, 0) is 30.9 Å². The number of para-hydroxylation sites is 1. The van der Waals surface area contributed by atoms with Crippen LogP contribution in [0.2, 0.25) is 0 Å². The standard InChI is InChI=1S/C16H24N2O2/c19-15-5-8-18(9-6-15)11-13-3-1-2-4-16(13)17-14-7-10-20-12-14/h1-4,14-15,17,19H,5-12H2. The van der Waals surface area contributed by atoms with Crippen LogP contribution >= 0.6 is 0 Å². The van der Waals surface area contributed by atoms with Crippen LogP contribution in [0.5, 0.6) is 0 Å². The molecule has 110 valence electrons. The van der Waals surface area contributed by atoms with Crippen molar-refractivity contribution in [1.82, 2.24) is 4.90 Å². The lowest BCUT2D eigenvalue weighted by molar-refractivity contribution is 0.0793. The van der Waals surface area contributed by atoms with Crippen molar-refractivity contribution in [3.8, 4) is 0 Å². The Labute approximate surface area is 120 Å². The zero-order valence-electron chi connectivity index (χ0n) is 11.9. The van der Waals surface area contributed by atoms with Gasteiger partial charge < -0.3 is 15.2 Å². The number of nitrogens with zero attached hydrogens (tertiary/aromatic N) is 1. The predicted molar refractivity (Wildman–Crippen MR) is 79.8 cm³/mol. The Bertz CT molecular complexity index is 424. The summed E-state index contributed by atoms with van der Waals surface area (Å²) < 4.78 is 5.43. The minimum atomic E-state index is -0.102. The van der Waals surface area contributed by atoms with E-state index in [0.29, 0.717) is 6.04 Å². The maximum atomic E-state index is 9.58. The lowest BCUT2D eigenvalue weighted by Gasteiger charge is -2.30. The van der Waals surface area contributed by atoms with E-state index in [4.69, 9.17) is 4.74 Å². The van der Waals surface area contributed by atoms with Crippen molar-refractivity contribution in [2.75, 3.05) is 31.6 Å². The highest BCUT2D eigenvalue weighted by Crippen LogP contribution is 2.22. The van der Waals surface area contributed by atoms with Crippen LogP contribution in [0.25, 0.3) is 0 Å². The lowest BCUT2D eigenvalue weighted by Crippen LogP contribution is -2.35. The molecule has 4 nitrogen and oxygen atoms in total. The molecule has 1 aromatic carbocycles. The summed E-state index contributed by atoms with van der Waals surface area (Å²) in [7, 11) is 0. The summed E-state index contributed by atoms with van der Waals surface area (Å²) in [6.07, 6.45) is 2.78. The van der Waals surface area contributed by atoms with Gasteiger partial charge in [0.15, 0.2) is 0 Å². The minimum Gasteiger partial charge on any atom is -0.393 e. The Morgan fingerprint density at radius 3 is 2.75 bits per heavy atom. The largest absolute Gasteiger partial charge is 0.393 e. The van der Waals surface area contributed by atoms with E-state index in [0.717, 1.165) is 52.1 Å². The third-order valence-electron chi connectivity index (χ3n) is 4.26. The van der Waals surface area contributed by atoms with Crippen LogP contribution in [0.15, 0.2) is 24.3 Å². The molecule has 0 radical (unpaired) electrons. The second-order valence-corrected chi connectivity index (χ2v) is 5.87. The third-order valence-corrected chi connectivity index (χ3v) is 4.26. The van der Waals surface area contributed by atoms with Gasteiger partial charge in [0.25, 0.3) is 0 Å². The summed E-state index contributed by atoms with van der Waals surface area (Å²) >= 11 is 0. The molecule has 1 atom stereocenters. The molecule has 0 saturated carbocycles. The first-order valence-corrected chi connectivity index (χ1v) is 7.64. The number of aliphatic hydroxyl groups is 1. The number of nitrogens with one attached hydrogen (secondary N) is 1. The third kappa shape index (κ3) is 3.51. The van der Waals surface area contributed by atoms with Crippen LogP contribution in [0, 0.1) is 0 Å². The van der Waals surface area contributed by atoms with Gasteiger partial charge in [0.1, 0.15) is 0 Å². The smallest absolute Gasteiger partial charge is 0.0668 e. The first kappa shape index (κ1) is 13.9. The summed E-state index contributed by atoms with van der Waals surface area (Å²) in [6, 6.07) is 8.99. The molecule has 0 amide bonds. The second-order valence-electron chi connectivity index (χ2n) is 5.87. The van der Waals surface area contributed by atoms with E-state index in [1.54, 1.807) is 0 Å². The van der Waals surface area contributed by atoms with Gasteiger partial charge in [0.05, 0.1) is 18.8 Å². The first-order valence-electron chi connectivity index (χ1n) is 7.64. The molecular weight excluding hydrogens is 252 g/mol. The molecule has 20 heavy (non-hydrogen) atoms. The Morgan fingerprint density at radius 1 is 1.20 bits per heavy atom. The van der Waals surface area contributed by atoms with Crippen LogP contribution in [0.1, 0.15) is 24.8 Å². The van der Waals surface area contributed by atoms with Crippen molar-refractivity contribution in [2.45, 2.75) is 38.0 Å². The normalized spacial score (nSPS) is 24.9. The number of benzene rings is 1. The maximum Gasteiger partial charge on any atom is 0.0668 e. The van der Waals surface area contributed by atoms with Crippen molar-refractivity contribution in [3.63, 3.8) is 0 Å². The first-order chi connectivity index (χ1) is 9.81. The molecule has 3 rings (SSSR count). The van der Waals surface area contributed by atoms with E-state index >= 15 is 0 Å². The van der Waals surface area contributed by atoms with Crippen LogP contribution in [-0.2, 0) is 11.3 Å². The molecule has 0 spiro atoms. The monoisotopic (exact) mass is 276 g/mol. The Hall–Kier alpha value is -1.10. The highest BCUT2D eigenvalue weighted by Gasteiger charge is 2.19. The number of anilines is 1. The number of aliphatic hydroxyl groups excluding tert-OH is 1. The Kier molecular flexibility index (Phi) is 4.55. The van der Waals surface area contributed by atoms with E-state index in [-0.39, 0.29) is 6.10 Å². The SMILES string of the molecule is OC1CCN(Cc2ccccc2NC2CCOC2)CC1. The molecule has 2 aliphatic rings. The van der Waals surface area contributed by atoms with Crippen LogP contribution < -0.4 is 5.32 Å². The minimum absolute atomic E-state index is 0.102. The molecule has 0 aromatic heterocycles. The molecule has 2 fully saturated rings. The summed E-state index contributed by atoms with van der Waals surface area (Å²) in [5.74, 6) is 0. The number of rotatable bonds is 4. The van der Waals surface area contributed by atoms with E-state index in [1.807, 2.05) is 0 Å². The summed E-state index contributed by atoms with van der Waals surface area (Å²) in [5.41, 5.74) is 2.57. The number of ether oxygens (including phenoxy) is 1. The molecule has 4 heteroatoms. The zero-order chi connectivity index (χ0) is 13.8. The van der Waals surface area contributed by atoms with E-state index in [2.05, 4.69) is 34.5 Å². The van der Waals surface area contributed by atoms with E-state index in [1.165, 1.54) is 11.3 Å². The number of likely N-dealkylation sites (tertiary alicyclic amines) is 1. The summed E-state index contributed by atoms with van der Waals surface area (Å²) in [6.45, 7) is 4.61. The quantitative estimate of drug-likeness (QED) is 0.881. The van der Waals surface area contributed by atoms with E-state index in [9.17, 15) is 5.11 Å². The summed E-state index contributed by atoms with van der Waals surface area (Å²) in [4.78, 5) is 2.43. The van der Waals surface area contributed by atoms with Crippen molar-refractivity contribution in [3.05, 3.63) is 29.8 Å². The van der Waals surface area contributed by atoms with Crippen LogP contribution in [0.4, 0.5) is 5.69 Å². The Morgan fingerprint density at radius 2 is 2.00 bits per heavy atom. The molecule has 1 unspecified atom stereocenters. The molecule has 2 N–H and O–H groups in total. The number of hydrogen-bond acceptors (Lipinski definition) is 4. The molecule has 1 aromatic rings. The van der Waals surface area contributed by atoms with Gasteiger partial charge in [-0.15, -0.1) is 0 Å². The van der Waals surface area contributed by atoms with Crippen molar-refractivity contribution in [1.29, 1.82) is 0 Å². The molecule has 2 saturated heterocycles. The highest BCUT2D eigenvalue weighted by atomic mass is 16.5. The van der Waals surface area contributed by atoms with Gasteiger partial charge in [-0.25, -0.2) is 0 Å². The molecular formula is C16H24N2O2. The summed E-state index contributed by atoms with van der Waals surface area (Å²) in [5, 5.41) is 13.2. The fraction of sp³-hybridized carbons (Fsp3) is 0.625. The average Bonchev–Trinajstić information content (AvgIpc) is 2.96. The van der Waals surface area contributed by atoms with Crippen molar-refractivity contribution < 1.29 is 9.84 Å². The number of hydrogen-bond donors (Lipinski definition) is 2.